The van der Waals surface area contributed by atoms with E-state index < -0.39 is 21.8 Å². The molecule has 2 N–H and O–H groups in total. The summed E-state index contributed by atoms with van der Waals surface area (Å²) in [5.74, 6) is -1.37. The van der Waals surface area contributed by atoms with Crippen molar-refractivity contribution in [1.82, 2.24) is 4.90 Å². The highest BCUT2D eigenvalue weighted by atomic mass is 32.2. The van der Waals surface area contributed by atoms with Gasteiger partial charge in [-0.25, -0.2) is 12.8 Å². The first-order valence-electron chi connectivity index (χ1n) is 12.9. The van der Waals surface area contributed by atoms with Gasteiger partial charge in [-0.3, -0.25) is 9.59 Å². The van der Waals surface area contributed by atoms with Crippen LogP contribution >= 0.6 is 0 Å². The minimum absolute atomic E-state index is 0.138. The van der Waals surface area contributed by atoms with Gasteiger partial charge in [-0.15, -0.1) is 0 Å². The summed E-state index contributed by atoms with van der Waals surface area (Å²) in [4.78, 5) is 29.9. The van der Waals surface area contributed by atoms with Gasteiger partial charge in [0.2, 0.25) is 5.91 Å². The third-order valence-electron chi connectivity index (χ3n) is 7.23. The predicted molar refractivity (Wildman–Crippen MR) is 150 cm³/mol. The molecule has 2 aliphatic heterocycles. The van der Waals surface area contributed by atoms with Crippen LogP contribution < -0.4 is 15.5 Å². The molecule has 1 atom stereocenters. The predicted octanol–water partition coefficient (Wildman–Crippen LogP) is 3.75. The molecule has 0 saturated carbocycles. The number of anilines is 3. The monoisotopic (exact) mass is 550 g/mol. The number of carbonyl (C=O) groups is 2. The van der Waals surface area contributed by atoms with Crippen LogP contribution in [0.2, 0.25) is 0 Å². The molecule has 5 rings (SSSR count). The van der Waals surface area contributed by atoms with Gasteiger partial charge in [-0.1, -0.05) is 23.8 Å². The van der Waals surface area contributed by atoms with Crippen LogP contribution in [-0.2, 0) is 20.4 Å². The molecule has 204 valence electrons. The molecule has 0 spiro atoms. The number of fused-ring (bicyclic) bond motifs is 1. The zero-order valence-electron chi connectivity index (χ0n) is 21.9. The fourth-order valence-electron chi connectivity index (χ4n) is 5.00. The number of carbonyl (C=O) groups excluding carboxylic acids is 2. The molecule has 0 radical (unpaired) electrons. The fraction of sp³-hybridized carbons (Fsp3) is 0.310. The minimum atomic E-state index is -3.58. The molecular weight excluding hydrogens is 519 g/mol. The van der Waals surface area contributed by atoms with Gasteiger partial charge in [0, 0.05) is 37.4 Å². The number of halogens is 1. The third kappa shape index (κ3) is 6.06. The van der Waals surface area contributed by atoms with Gasteiger partial charge < -0.3 is 20.4 Å². The van der Waals surface area contributed by atoms with E-state index in [2.05, 4.69) is 15.5 Å². The largest absolute Gasteiger partial charge is 0.371 e. The van der Waals surface area contributed by atoms with Crippen molar-refractivity contribution in [3.8, 4) is 0 Å². The van der Waals surface area contributed by atoms with Crippen molar-refractivity contribution in [2.45, 2.75) is 25.6 Å². The van der Waals surface area contributed by atoms with Crippen molar-refractivity contribution in [1.29, 1.82) is 0 Å². The molecule has 0 aliphatic carbocycles. The molecule has 0 unspecified atom stereocenters. The van der Waals surface area contributed by atoms with Crippen LogP contribution in [0.3, 0.4) is 0 Å². The van der Waals surface area contributed by atoms with Crippen LogP contribution in [0.25, 0.3) is 0 Å². The SMILES string of the molecule is Cc1ccc(C)c(CS(=O)(=O)C[C@H]2Nc3ccc(C(=O)N4CCN(c5ccc(F)cc5)CC4)cc3NC2=O)c1. The maximum Gasteiger partial charge on any atom is 0.254 e. The van der Waals surface area contributed by atoms with Gasteiger partial charge in [-0.2, -0.15) is 0 Å². The summed E-state index contributed by atoms with van der Waals surface area (Å²) in [6.45, 7) is 6.06. The van der Waals surface area contributed by atoms with Crippen molar-refractivity contribution in [3.63, 3.8) is 0 Å². The highest BCUT2D eigenvalue weighted by molar-refractivity contribution is 7.90. The maximum absolute atomic E-state index is 13.2. The summed E-state index contributed by atoms with van der Waals surface area (Å²) in [6, 6.07) is 16.1. The van der Waals surface area contributed by atoms with E-state index in [0.29, 0.717) is 43.1 Å². The molecule has 2 aliphatic rings. The van der Waals surface area contributed by atoms with E-state index in [9.17, 15) is 22.4 Å². The molecule has 3 aromatic rings. The van der Waals surface area contributed by atoms with Gasteiger partial charge in [0.25, 0.3) is 5.91 Å². The number of benzene rings is 3. The first-order chi connectivity index (χ1) is 18.6. The number of nitrogens with zero attached hydrogens (tertiary/aromatic N) is 2. The Morgan fingerprint density at radius 3 is 2.38 bits per heavy atom. The number of rotatable bonds is 6. The Labute approximate surface area is 227 Å². The molecular formula is C29H31FN4O4S. The third-order valence-corrected chi connectivity index (χ3v) is 8.82. The van der Waals surface area contributed by atoms with Crippen molar-refractivity contribution < 1.29 is 22.4 Å². The van der Waals surface area contributed by atoms with Gasteiger partial charge in [-0.05, 0) is 67.4 Å². The Hall–Kier alpha value is -3.92. The average Bonchev–Trinajstić information content (AvgIpc) is 2.91. The van der Waals surface area contributed by atoms with E-state index in [1.54, 1.807) is 35.2 Å². The second-order valence-corrected chi connectivity index (χ2v) is 12.3. The average molecular weight is 551 g/mol. The minimum Gasteiger partial charge on any atom is -0.371 e. The Balaban J connectivity index is 1.22. The van der Waals surface area contributed by atoms with E-state index >= 15 is 0 Å². The number of aryl methyl sites for hydroxylation is 2. The molecule has 10 heteroatoms. The van der Waals surface area contributed by atoms with E-state index in [-0.39, 0.29) is 23.2 Å². The van der Waals surface area contributed by atoms with Crippen LogP contribution in [0, 0.1) is 19.7 Å². The zero-order valence-corrected chi connectivity index (χ0v) is 22.7. The smallest absolute Gasteiger partial charge is 0.254 e. The lowest BCUT2D eigenvalue weighted by molar-refractivity contribution is -0.116. The number of nitrogens with one attached hydrogen (secondary N) is 2. The summed E-state index contributed by atoms with van der Waals surface area (Å²) in [7, 11) is -3.58. The number of piperazine rings is 1. The highest BCUT2D eigenvalue weighted by Crippen LogP contribution is 2.29. The van der Waals surface area contributed by atoms with Crippen LogP contribution in [-0.4, -0.2) is 63.1 Å². The normalized spacial score (nSPS) is 17.3. The lowest BCUT2D eigenvalue weighted by Gasteiger charge is -2.36. The molecule has 3 aromatic carbocycles. The van der Waals surface area contributed by atoms with Crippen LogP contribution in [0.5, 0.6) is 0 Å². The molecule has 2 amide bonds. The van der Waals surface area contributed by atoms with Crippen molar-refractivity contribution in [2.24, 2.45) is 0 Å². The van der Waals surface area contributed by atoms with Crippen LogP contribution in [0.4, 0.5) is 21.5 Å². The number of hydrogen-bond donors (Lipinski definition) is 2. The summed E-state index contributed by atoms with van der Waals surface area (Å²) < 4.78 is 39.1. The lowest BCUT2D eigenvalue weighted by atomic mass is 10.1. The summed E-state index contributed by atoms with van der Waals surface area (Å²) in [6.07, 6.45) is 0. The van der Waals surface area contributed by atoms with Gasteiger partial charge >= 0.3 is 0 Å². The number of hydrogen-bond acceptors (Lipinski definition) is 6. The quantitative estimate of drug-likeness (QED) is 0.485. The molecule has 0 bridgehead atoms. The Morgan fingerprint density at radius 1 is 0.949 bits per heavy atom. The second-order valence-electron chi connectivity index (χ2n) is 10.2. The van der Waals surface area contributed by atoms with Gasteiger partial charge in [0.05, 0.1) is 22.9 Å². The second kappa shape index (κ2) is 10.7. The summed E-state index contributed by atoms with van der Waals surface area (Å²) in [5, 5.41) is 5.81. The molecule has 0 aromatic heterocycles. The van der Waals surface area contributed by atoms with Crippen molar-refractivity contribution in [3.05, 3.63) is 88.7 Å². The number of amides is 2. The van der Waals surface area contributed by atoms with Gasteiger partial charge in [0.1, 0.15) is 11.9 Å². The molecule has 1 fully saturated rings. The molecule has 39 heavy (non-hydrogen) atoms. The van der Waals surface area contributed by atoms with Crippen LogP contribution in [0.15, 0.2) is 60.7 Å². The van der Waals surface area contributed by atoms with Gasteiger partial charge in [0.15, 0.2) is 9.84 Å². The van der Waals surface area contributed by atoms with Crippen molar-refractivity contribution in [2.75, 3.05) is 47.5 Å². The maximum atomic E-state index is 13.2. The first-order valence-corrected chi connectivity index (χ1v) is 14.7. The Morgan fingerprint density at radius 2 is 1.67 bits per heavy atom. The number of sulfone groups is 1. The zero-order chi connectivity index (χ0) is 27.7. The first kappa shape index (κ1) is 26.7. The molecule has 1 saturated heterocycles. The van der Waals surface area contributed by atoms with Crippen LogP contribution in [0.1, 0.15) is 27.0 Å². The topological polar surface area (TPSA) is 98.8 Å². The molecule has 2 heterocycles. The van der Waals surface area contributed by atoms with E-state index in [0.717, 1.165) is 22.4 Å². The fourth-order valence-corrected chi connectivity index (χ4v) is 6.65. The Bertz CT molecular complexity index is 1520. The van der Waals surface area contributed by atoms with E-state index in [1.165, 1.54) is 12.1 Å². The summed E-state index contributed by atoms with van der Waals surface area (Å²) >= 11 is 0. The lowest BCUT2D eigenvalue weighted by Crippen LogP contribution is -2.49. The summed E-state index contributed by atoms with van der Waals surface area (Å²) in [5.41, 5.74) is 4.97. The highest BCUT2D eigenvalue weighted by Gasteiger charge is 2.31. The van der Waals surface area contributed by atoms with E-state index in [1.807, 2.05) is 32.0 Å². The van der Waals surface area contributed by atoms with Crippen molar-refractivity contribution >= 4 is 38.7 Å². The standard InChI is InChI=1S/C29H31FN4O4S/c1-19-3-4-20(2)22(15-19)17-39(37,38)18-27-28(35)32-26-16-21(5-10-25(26)31-27)29(36)34-13-11-33(12-14-34)24-8-6-23(30)7-9-24/h3-10,15-16,27,31H,11-14,17-18H2,1-2H3,(H,32,35)/t27-/m1/s1. The Kier molecular flexibility index (Phi) is 7.31. The molecule has 8 nitrogen and oxygen atoms in total. The van der Waals surface area contributed by atoms with E-state index in [4.69, 9.17) is 0 Å².